The number of rotatable bonds is 6. The SMILES string of the molecule is CC(NCCN=[N+]=[N-])(C(N)=O)c1ccc2ccccc2c1. The standard InChI is InChI=1S/C15H17N5O/c1-15(14(16)21,18-8-9-19-20-17)13-7-6-11-4-2-3-5-12(11)10-13/h2-7,10,18H,8-9H2,1H3,(H2,16,21). The first-order valence-electron chi connectivity index (χ1n) is 6.63. The fourth-order valence-corrected chi connectivity index (χ4v) is 2.23. The third-order valence-electron chi connectivity index (χ3n) is 3.57. The number of nitrogens with two attached hydrogens (primary N) is 1. The van der Waals surface area contributed by atoms with E-state index in [1.807, 2.05) is 42.5 Å². The van der Waals surface area contributed by atoms with Gasteiger partial charge in [0.15, 0.2) is 0 Å². The van der Waals surface area contributed by atoms with Crippen molar-refractivity contribution in [2.45, 2.75) is 12.5 Å². The summed E-state index contributed by atoms with van der Waals surface area (Å²) in [6.45, 7) is 2.36. The number of azide groups is 1. The number of fused-ring (bicyclic) bond motifs is 1. The Hall–Kier alpha value is -2.56. The molecule has 0 aromatic heterocycles. The highest BCUT2D eigenvalue weighted by Crippen LogP contribution is 2.24. The molecule has 3 N–H and O–H groups in total. The molecule has 0 fully saturated rings. The fourth-order valence-electron chi connectivity index (χ4n) is 2.23. The summed E-state index contributed by atoms with van der Waals surface area (Å²) in [6.07, 6.45) is 0. The number of carbonyl (C=O) groups excluding carboxylic acids is 1. The van der Waals surface area contributed by atoms with Gasteiger partial charge in [0, 0.05) is 18.0 Å². The van der Waals surface area contributed by atoms with Crippen molar-refractivity contribution in [3.05, 3.63) is 58.5 Å². The van der Waals surface area contributed by atoms with E-state index in [9.17, 15) is 4.79 Å². The highest BCUT2D eigenvalue weighted by Gasteiger charge is 2.32. The second-order valence-electron chi connectivity index (χ2n) is 4.93. The van der Waals surface area contributed by atoms with E-state index in [1.54, 1.807) is 6.92 Å². The van der Waals surface area contributed by atoms with Crippen LogP contribution in [0.15, 0.2) is 47.6 Å². The molecule has 1 amide bonds. The van der Waals surface area contributed by atoms with Crippen molar-refractivity contribution in [1.82, 2.24) is 5.32 Å². The minimum Gasteiger partial charge on any atom is -0.368 e. The van der Waals surface area contributed by atoms with Gasteiger partial charge in [0.2, 0.25) is 5.91 Å². The molecule has 108 valence electrons. The fraction of sp³-hybridized carbons (Fsp3) is 0.267. The molecule has 0 heterocycles. The van der Waals surface area contributed by atoms with Crippen LogP contribution < -0.4 is 11.1 Å². The van der Waals surface area contributed by atoms with E-state index in [2.05, 4.69) is 15.3 Å². The maximum atomic E-state index is 11.9. The molecule has 2 aromatic rings. The molecule has 0 aliphatic carbocycles. The minimum absolute atomic E-state index is 0.257. The van der Waals surface area contributed by atoms with Crippen LogP contribution >= 0.6 is 0 Å². The molecule has 1 atom stereocenters. The van der Waals surface area contributed by atoms with E-state index in [1.165, 1.54) is 0 Å². The lowest BCUT2D eigenvalue weighted by Gasteiger charge is -2.28. The van der Waals surface area contributed by atoms with Crippen molar-refractivity contribution in [2.24, 2.45) is 10.8 Å². The van der Waals surface area contributed by atoms with Gasteiger partial charge < -0.3 is 5.73 Å². The summed E-state index contributed by atoms with van der Waals surface area (Å²) in [7, 11) is 0. The van der Waals surface area contributed by atoms with Crippen LogP contribution in [0, 0.1) is 0 Å². The molecule has 6 nitrogen and oxygen atoms in total. The Labute approximate surface area is 122 Å². The summed E-state index contributed by atoms with van der Waals surface area (Å²) in [5, 5.41) is 8.66. The maximum Gasteiger partial charge on any atom is 0.242 e. The van der Waals surface area contributed by atoms with E-state index >= 15 is 0 Å². The summed E-state index contributed by atoms with van der Waals surface area (Å²) < 4.78 is 0. The van der Waals surface area contributed by atoms with Crippen molar-refractivity contribution in [3.63, 3.8) is 0 Å². The van der Waals surface area contributed by atoms with Gasteiger partial charge in [-0.25, -0.2) is 0 Å². The largest absolute Gasteiger partial charge is 0.368 e. The van der Waals surface area contributed by atoms with Crippen LogP contribution in [0.2, 0.25) is 0 Å². The van der Waals surface area contributed by atoms with Crippen LogP contribution in [0.5, 0.6) is 0 Å². The van der Waals surface area contributed by atoms with Gasteiger partial charge >= 0.3 is 0 Å². The summed E-state index contributed by atoms with van der Waals surface area (Å²) in [5.41, 5.74) is 13.6. The van der Waals surface area contributed by atoms with Crippen LogP contribution in [-0.4, -0.2) is 19.0 Å². The Bertz CT molecular complexity index is 708. The Morgan fingerprint density at radius 1 is 1.33 bits per heavy atom. The number of nitrogens with one attached hydrogen (secondary N) is 1. The zero-order valence-electron chi connectivity index (χ0n) is 11.8. The molecule has 0 aliphatic heterocycles. The van der Waals surface area contributed by atoms with E-state index in [0.717, 1.165) is 16.3 Å². The summed E-state index contributed by atoms with van der Waals surface area (Å²) in [5.74, 6) is -0.473. The summed E-state index contributed by atoms with van der Waals surface area (Å²) >= 11 is 0. The number of carbonyl (C=O) groups is 1. The van der Waals surface area contributed by atoms with Crippen molar-refractivity contribution in [1.29, 1.82) is 0 Å². The van der Waals surface area contributed by atoms with Crippen molar-refractivity contribution >= 4 is 16.7 Å². The molecule has 0 saturated heterocycles. The van der Waals surface area contributed by atoms with Crippen LogP contribution in [-0.2, 0) is 10.3 Å². The van der Waals surface area contributed by atoms with Crippen LogP contribution in [0.4, 0.5) is 0 Å². The van der Waals surface area contributed by atoms with Gasteiger partial charge in [-0.2, -0.15) is 0 Å². The number of benzene rings is 2. The molecule has 2 rings (SSSR count). The Kier molecular flexibility index (Phi) is 4.42. The van der Waals surface area contributed by atoms with Crippen molar-refractivity contribution in [3.8, 4) is 0 Å². The van der Waals surface area contributed by atoms with Crippen molar-refractivity contribution in [2.75, 3.05) is 13.1 Å². The molecule has 0 radical (unpaired) electrons. The third kappa shape index (κ3) is 3.13. The maximum absolute atomic E-state index is 11.9. The first-order chi connectivity index (χ1) is 10.1. The van der Waals surface area contributed by atoms with Crippen LogP contribution in [0.3, 0.4) is 0 Å². The van der Waals surface area contributed by atoms with Gasteiger partial charge in [-0.15, -0.1) is 0 Å². The number of hydrogen-bond donors (Lipinski definition) is 2. The molecule has 0 spiro atoms. The Morgan fingerprint density at radius 2 is 2.05 bits per heavy atom. The van der Waals surface area contributed by atoms with Gasteiger partial charge in [0.25, 0.3) is 0 Å². The lowest BCUT2D eigenvalue weighted by molar-refractivity contribution is -0.124. The Morgan fingerprint density at radius 3 is 2.71 bits per heavy atom. The minimum atomic E-state index is -1.00. The molecule has 6 heteroatoms. The first kappa shape index (κ1) is 14.8. The molecule has 0 aliphatic rings. The lowest BCUT2D eigenvalue weighted by Crippen LogP contribution is -2.51. The van der Waals surface area contributed by atoms with Gasteiger partial charge in [-0.1, -0.05) is 41.5 Å². The molecule has 0 bridgehead atoms. The van der Waals surface area contributed by atoms with Gasteiger partial charge in [0.05, 0.1) is 0 Å². The first-order valence-corrected chi connectivity index (χ1v) is 6.63. The predicted molar refractivity (Wildman–Crippen MR) is 82.5 cm³/mol. The van der Waals surface area contributed by atoms with Gasteiger partial charge in [-0.05, 0) is 34.9 Å². The second kappa shape index (κ2) is 6.26. The summed E-state index contributed by atoms with van der Waals surface area (Å²) in [4.78, 5) is 14.6. The number of amides is 1. The van der Waals surface area contributed by atoms with Crippen LogP contribution in [0.25, 0.3) is 21.2 Å². The molecular formula is C15H17N5O. The monoisotopic (exact) mass is 283 g/mol. The van der Waals surface area contributed by atoms with E-state index in [0.29, 0.717) is 6.54 Å². The average Bonchev–Trinajstić information content (AvgIpc) is 2.50. The zero-order chi connectivity index (χ0) is 15.3. The topological polar surface area (TPSA) is 104 Å². The van der Waals surface area contributed by atoms with Crippen molar-refractivity contribution < 1.29 is 4.79 Å². The van der Waals surface area contributed by atoms with Gasteiger partial charge in [-0.3, -0.25) is 10.1 Å². The molecule has 2 aromatic carbocycles. The van der Waals surface area contributed by atoms with E-state index < -0.39 is 11.4 Å². The molecule has 21 heavy (non-hydrogen) atoms. The lowest BCUT2D eigenvalue weighted by atomic mass is 9.89. The zero-order valence-corrected chi connectivity index (χ0v) is 11.8. The molecular weight excluding hydrogens is 266 g/mol. The molecule has 0 saturated carbocycles. The number of nitrogens with zero attached hydrogens (tertiary/aromatic N) is 3. The average molecular weight is 283 g/mol. The third-order valence-corrected chi connectivity index (χ3v) is 3.57. The van der Waals surface area contributed by atoms with E-state index in [4.69, 9.17) is 11.3 Å². The highest BCUT2D eigenvalue weighted by atomic mass is 16.1. The Balaban J connectivity index is 2.34. The normalized spacial score (nSPS) is 13.4. The van der Waals surface area contributed by atoms with Gasteiger partial charge in [0.1, 0.15) is 5.54 Å². The smallest absolute Gasteiger partial charge is 0.242 e. The molecule has 1 unspecified atom stereocenters. The number of primary amides is 1. The number of hydrogen-bond acceptors (Lipinski definition) is 3. The van der Waals surface area contributed by atoms with E-state index in [-0.39, 0.29) is 6.54 Å². The summed E-state index contributed by atoms with van der Waals surface area (Å²) in [6, 6.07) is 13.7. The predicted octanol–water partition coefficient (Wildman–Crippen LogP) is 2.44. The second-order valence-corrected chi connectivity index (χ2v) is 4.93. The highest BCUT2D eigenvalue weighted by molar-refractivity contribution is 5.89. The van der Waals surface area contributed by atoms with Crippen LogP contribution in [0.1, 0.15) is 12.5 Å². The quantitative estimate of drug-likeness (QED) is 0.368.